The molecule has 3 heterocycles. The van der Waals surface area contributed by atoms with Crippen molar-refractivity contribution in [2.75, 3.05) is 19.6 Å². The van der Waals surface area contributed by atoms with Gasteiger partial charge in [0, 0.05) is 23.0 Å². The first kappa shape index (κ1) is 17.3. The Balaban J connectivity index is 1.43. The number of nitrogens with one attached hydrogen (secondary N) is 1. The fraction of sp³-hybridized carbons (Fsp3) is 0.524. The topological polar surface area (TPSA) is 58.0 Å². The van der Waals surface area contributed by atoms with E-state index in [0.29, 0.717) is 11.7 Å². The Morgan fingerprint density at radius 1 is 1.23 bits per heavy atom. The molecule has 1 aliphatic heterocycles. The van der Waals surface area contributed by atoms with Gasteiger partial charge >= 0.3 is 0 Å². The molecule has 1 N–H and O–H groups in total. The number of unbranched alkanes of at least 4 members (excludes halogenated alkanes) is 1. The third-order valence-electron chi connectivity index (χ3n) is 5.58. The fourth-order valence-electron chi connectivity index (χ4n) is 4.05. The maximum Gasteiger partial charge on any atom is 0.227 e. The van der Waals surface area contributed by atoms with Crippen LogP contribution in [0.15, 0.2) is 28.8 Å². The van der Waals surface area contributed by atoms with Gasteiger partial charge in [0.2, 0.25) is 11.7 Å². The van der Waals surface area contributed by atoms with Crippen LogP contribution in [0.4, 0.5) is 0 Å². The maximum atomic E-state index is 5.60. The van der Waals surface area contributed by atoms with Gasteiger partial charge in [0.15, 0.2) is 0 Å². The Kier molecular flexibility index (Phi) is 5.07. The molecule has 0 atom stereocenters. The summed E-state index contributed by atoms with van der Waals surface area (Å²) in [6.45, 7) is 7.97. The average molecular weight is 352 g/mol. The second-order valence-corrected chi connectivity index (χ2v) is 7.53. The molecule has 2 aromatic heterocycles. The third kappa shape index (κ3) is 3.54. The van der Waals surface area contributed by atoms with Gasteiger partial charge in [0.05, 0.1) is 5.56 Å². The number of nitrogens with zero attached hydrogens (tertiary/aromatic N) is 3. The molecule has 138 valence electrons. The Bertz CT molecular complexity index is 858. The van der Waals surface area contributed by atoms with Crippen LogP contribution in [-0.2, 0) is 6.42 Å². The van der Waals surface area contributed by atoms with E-state index >= 15 is 0 Å². The molecule has 1 aromatic carbocycles. The van der Waals surface area contributed by atoms with Crippen LogP contribution >= 0.6 is 0 Å². The first-order valence-corrected chi connectivity index (χ1v) is 9.87. The number of benzene rings is 1. The lowest BCUT2D eigenvalue weighted by molar-refractivity contribution is 0.175. The molecule has 5 heteroatoms. The summed E-state index contributed by atoms with van der Waals surface area (Å²) in [5, 5.41) is 5.43. The van der Waals surface area contributed by atoms with Gasteiger partial charge in [-0.1, -0.05) is 36.7 Å². The van der Waals surface area contributed by atoms with Crippen LogP contribution in [0, 0.1) is 12.8 Å². The van der Waals surface area contributed by atoms with E-state index in [1.807, 2.05) is 12.1 Å². The molecule has 0 aliphatic carbocycles. The quantitative estimate of drug-likeness (QED) is 0.705. The predicted molar refractivity (Wildman–Crippen MR) is 104 cm³/mol. The molecule has 0 unspecified atom stereocenters. The maximum absolute atomic E-state index is 5.60. The number of hydrogen-bond donors (Lipinski definition) is 1. The van der Waals surface area contributed by atoms with Gasteiger partial charge in [0.25, 0.3) is 0 Å². The Labute approximate surface area is 154 Å². The van der Waals surface area contributed by atoms with Crippen molar-refractivity contribution >= 4 is 10.9 Å². The lowest BCUT2D eigenvalue weighted by atomic mass is 9.93. The molecular formula is C21H28N4O. The molecule has 1 fully saturated rings. The number of H-pyrrole nitrogens is 1. The molecule has 4 rings (SSSR count). The molecule has 3 aromatic rings. The first-order chi connectivity index (χ1) is 12.7. The van der Waals surface area contributed by atoms with Crippen LogP contribution < -0.4 is 0 Å². The third-order valence-corrected chi connectivity index (χ3v) is 5.58. The van der Waals surface area contributed by atoms with E-state index < -0.39 is 0 Å². The van der Waals surface area contributed by atoms with Gasteiger partial charge in [-0.05, 0) is 57.8 Å². The van der Waals surface area contributed by atoms with Gasteiger partial charge < -0.3 is 14.4 Å². The van der Waals surface area contributed by atoms with Crippen molar-refractivity contribution in [1.29, 1.82) is 0 Å². The predicted octanol–water partition coefficient (Wildman–Crippen LogP) is 4.58. The summed E-state index contributed by atoms with van der Waals surface area (Å²) < 4.78 is 5.60. The summed E-state index contributed by atoms with van der Waals surface area (Å²) in [5.74, 6) is 2.14. The van der Waals surface area contributed by atoms with Crippen molar-refractivity contribution in [3.63, 3.8) is 0 Å². The highest BCUT2D eigenvalue weighted by Gasteiger charge is 2.22. The lowest BCUT2D eigenvalue weighted by Crippen LogP contribution is -2.35. The number of likely N-dealkylation sites (tertiary alicyclic amines) is 1. The van der Waals surface area contributed by atoms with Gasteiger partial charge in [0.1, 0.15) is 0 Å². The van der Waals surface area contributed by atoms with Crippen LogP contribution in [0.25, 0.3) is 22.3 Å². The number of piperidine rings is 1. The second-order valence-electron chi connectivity index (χ2n) is 7.53. The Hall–Kier alpha value is -2.14. The standard InChI is InChI=1S/C21H28N4O/c1-3-4-11-25-12-9-16(10-13-25)14-19-23-21(24-26-19)20-15(2)22-18-8-6-5-7-17(18)20/h5-8,16,22H,3-4,9-14H2,1-2H3. The van der Waals surface area contributed by atoms with Crippen LogP contribution in [0.2, 0.25) is 0 Å². The molecular weight excluding hydrogens is 324 g/mol. The zero-order valence-corrected chi connectivity index (χ0v) is 15.8. The number of para-hydroxylation sites is 1. The Morgan fingerprint density at radius 2 is 2.04 bits per heavy atom. The van der Waals surface area contributed by atoms with E-state index in [9.17, 15) is 0 Å². The molecule has 1 saturated heterocycles. The smallest absolute Gasteiger partial charge is 0.227 e. The van der Waals surface area contributed by atoms with Crippen molar-refractivity contribution < 1.29 is 4.52 Å². The Morgan fingerprint density at radius 3 is 2.85 bits per heavy atom. The highest BCUT2D eigenvalue weighted by Crippen LogP contribution is 2.30. The first-order valence-electron chi connectivity index (χ1n) is 9.87. The van der Waals surface area contributed by atoms with E-state index in [4.69, 9.17) is 9.51 Å². The summed E-state index contributed by atoms with van der Waals surface area (Å²) in [7, 11) is 0. The van der Waals surface area contributed by atoms with E-state index in [-0.39, 0.29) is 0 Å². The molecule has 0 saturated carbocycles. The minimum absolute atomic E-state index is 0.658. The van der Waals surface area contributed by atoms with Gasteiger partial charge in [-0.3, -0.25) is 0 Å². The summed E-state index contributed by atoms with van der Waals surface area (Å²) in [4.78, 5) is 10.7. The fourth-order valence-corrected chi connectivity index (χ4v) is 4.05. The zero-order valence-electron chi connectivity index (χ0n) is 15.8. The molecule has 0 bridgehead atoms. The number of aromatic amines is 1. The monoisotopic (exact) mass is 352 g/mol. The highest BCUT2D eigenvalue weighted by atomic mass is 16.5. The molecule has 0 amide bonds. The van der Waals surface area contributed by atoms with Crippen LogP contribution in [0.3, 0.4) is 0 Å². The molecule has 5 nitrogen and oxygen atoms in total. The molecule has 0 spiro atoms. The number of rotatable bonds is 6. The summed E-state index contributed by atoms with van der Waals surface area (Å²) in [6, 6.07) is 8.28. The summed E-state index contributed by atoms with van der Waals surface area (Å²) in [6.07, 6.45) is 5.94. The van der Waals surface area contributed by atoms with E-state index in [0.717, 1.165) is 34.5 Å². The van der Waals surface area contributed by atoms with E-state index in [1.165, 1.54) is 45.3 Å². The normalized spacial score (nSPS) is 16.5. The van der Waals surface area contributed by atoms with E-state index in [1.54, 1.807) is 0 Å². The van der Waals surface area contributed by atoms with Crippen molar-refractivity contribution in [2.24, 2.45) is 5.92 Å². The molecule has 1 aliphatic rings. The minimum Gasteiger partial charge on any atom is -0.358 e. The molecule has 26 heavy (non-hydrogen) atoms. The molecule has 0 radical (unpaired) electrons. The van der Waals surface area contributed by atoms with Crippen LogP contribution in [0.5, 0.6) is 0 Å². The zero-order chi connectivity index (χ0) is 17.9. The van der Waals surface area contributed by atoms with Gasteiger partial charge in [-0.2, -0.15) is 4.98 Å². The van der Waals surface area contributed by atoms with Crippen molar-refractivity contribution in [3.05, 3.63) is 35.9 Å². The number of hydrogen-bond acceptors (Lipinski definition) is 4. The SMILES string of the molecule is CCCCN1CCC(Cc2nc(-c3c(C)[nH]c4ccccc34)no2)CC1. The van der Waals surface area contributed by atoms with Crippen molar-refractivity contribution in [3.8, 4) is 11.4 Å². The number of aryl methyl sites for hydroxylation is 1. The van der Waals surface area contributed by atoms with Gasteiger partial charge in [-0.15, -0.1) is 0 Å². The van der Waals surface area contributed by atoms with Crippen LogP contribution in [-0.4, -0.2) is 39.7 Å². The number of aromatic nitrogens is 3. The number of fused-ring (bicyclic) bond motifs is 1. The summed E-state index contributed by atoms with van der Waals surface area (Å²) >= 11 is 0. The largest absolute Gasteiger partial charge is 0.358 e. The van der Waals surface area contributed by atoms with E-state index in [2.05, 4.69) is 41.0 Å². The lowest BCUT2D eigenvalue weighted by Gasteiger charge is -2.31. The second kappa shape index (κ2) is 7.62. The minimum atomic E-state index is 0.658. The summed E-state index contributed by atoms with van der Waals surface area (Å²) in [5.41, 5.74) is 3.26. The van der Waals surface area contributed by atoms with Gasteiger partial charge in [-0.25, -0.2) is 0 Å². The van der Waals surface area contributed by atoms with Crippen molar-refractivity contribution in [1.82, 2.24) is 20.0 Å². The highest BCUT2D eigenvalue weighted by molar-refractivity contribution is 5.95. The average Bonchev–Trinajstić information content (AvgIpc) is 3.24. The van der Waals surface area contributed by atoms with Crippen molar-refractivity contribution in [2.45, 2.75) is 46.0 Å². The van der Waals surface area contributed by atoms with Crippen LogP contribution in [0.1, 0.15) is 44.2 Å².